The lowest BCUT2D eigenvalue weighted by atomic mass is 10.1. The Morgan fingerprint density at radius 1 is 0.714 bits per heavy atom. The second kappa shape index (κ2) is 15.3. The standard InChI is InChI=1S/C22H22N4.2C4H4O4/c1-3-7-20-17(5-1)9-10-22(24-20)26-13-11-25(12-14-26)16-18-15-23-21-8-4-2-6-19(18)21;2*5-3(6)1-2-4(7)8/h1-10,15,23H,11-14,16H2;2*1-2H,(H,5,6)(H,7,8). The maximum Gasteiger partial charge on any atom is 0.328 e. The number of pyridine rings is 1. The summed E-state index contributed by atoms with van der Waals surface area (Å²) in [6, 6.07) is 21.2. The van der Waals surface area contributed by atoms with Gasteiger partial charge in [-0.2, -0.15) is 0 Å². The highest BCUT2D eigenvalue weighted by molar-refractivity contribution is 5.90. The molecule has 0 radical (unpaired) electrons. The zero-order valence-electron chi connectivity index (χ0n) is 22.5. The molecule has 0 aliphatic carbocycles. The molecule has 12 heteroatoms. The Morgan fingerprint density at radius 3 is 1.86 bits per heavy atom. The monoisotopic (exact) mass is 574 g/mol. The third-order valence-corrected chi connectivity index (χ3v) is 6.09. The number of para-hydroxylation sites is 2. The maximum absolute atomic E-state index is 9.55. The van der Waals surface area contributed by atoms with Crippen molar-refractivity contribution >= 4 is 51.5 Å². The van der Waals surface area contributed by atoms with Gasteiger partial charge in [0.25, 0.3) is 0 Å². The van der Waals surface area contributed by atoms with Crippen molar-refractivity contribution in [1.82, 2.24) is 14.9 Å². The molecular formula is C30H30N4O8. The summed E-state index contributed by atoms with van der Waals surface area (Å²) < 4.78 is 0. The Hall–Kier alpha value is -5.49. The topological polar surface area (TPSA) is 184 Å². The van der Waals surface area contributed by atoms with Crippen LogP contribution < -0.4 is 4.90 Å². The van der Waals surface area contributed by atoms with Gasteiger partial charge in [-0.25, -0.2) is 24.2 Å². The molecule has 1 fully saturated rings. The number of carboxylic acid groups (broad SMARTS) is 4. The number of nitrogens with zero attached hydrogens (tertiary/aromatic N) is 3. The van der Waals surface area contributed by atoms with Crippen LogP contribution in [-0.2, 0) is 25.7 Å². The summed E-state index contributed by atoms with van der Waals surface area (Å²) in [7, 11) is 0. The number of aromatic nitrogens is 2. The van der Waals surface area contributed by atoms with Gasteiger partial charge in [-0.3, -0.25) is 4.90 Å². The molecule has 12 nitrogen and oxygen atoms in total. The number of fused-ring (bicyclic) bond motifs is 2. The van der Waals surface area contributed by atoms with Crippen molar-refractivity contribution in [3.63, 3.8) is 0 Å². The van der Waals surface area contributed by atoms with Gasteiger partial charge in [0.1, 0.15) is 5.82 Å². The minimum Gasteiger partial charge on any atom is -0.478 e. The molecule has 2 aromatic carbocycles. The van der Waals surface area contributed by atoms with Crippen LogP contribution in [0.4, 0.5) is 5.82 Å². The van der Waals surface area contributed by atoms with Crippen LogP contribution in [0.2, 0.25) is 0 Å². The van der Waals surface area contributed by atoms with Gasteiger partial charge in [-0.05, 0) is 29.8 Å². The highest BCUT2D eigenvalue weighted by atomic mass is 16.4. The number of H-pyrrole nitrogens is 1. The van der Waals surface area contributed by atoms with E-state index in [1.54, 1.807) is 0 Å². The second-order valence-electron chi connectivity index (χ2n) is 9.00. The molecule has 1 aliphatic heterocycles. The number of rotatable bonds is 7. The van der Waals surface area contributed by atoms with Crippen molar-refractivity contribution in [2.24, 2.45) is 0 Å². The molecule has 218 valence electrons. The van der Waals surface area contributed by atoms with Crippen molar-refractivity contribution in [2.45, 2.75) is 6.54 Å². The summed E-state index contributed by atoms with van der Waals surface area (Å²) in [4.78, 5) is 51.4. The first-order chi connectivity index (χ1) is 20.1. The predicted molar refractivity (Wildman–Crippen MR) is 156 cm³/mol. The zero-order chi connectivity index (χ0) is 30.5. The largest absolute Gasteiger partial charge is 0.478 e. The fourth-order valence-corrected chi connectivity index (χ4v) is 4.15. The SMILES string of the molecule is O=C(O)C=CC(=O)O.O=C(O)C=CC(=O)O.c1ccc2nc(N3CCN(Cc4c[nH]c5ccccc45)CC3)ccc2c1. The normalized spacial score (nSPS) is 13.4. The number of carbonyl (C=O) groups is 4. The molecule has 1 aliphatic rings. The van der Waals surface area contributed by atoms with Crippen LogP contribution in [0, 0.1) is 0 Å². The van der Waals surface area contributed by atoms with E-state index in [0.717, 1.165) is 44.1 Å². The fourth-order valence-electron chi connectivity index (χ4n) is 4.15. The Morgan fingerprint density at radius 2 is 1.26 bits per heavy atom. The summed E-state index contributed by atoms with van der Waals surface area (Å²) in [5.41, 5.74) is 3.69. The van der Waals surface area contributed by atoms with Crippen molar-refractivity contribution in [1.29, 1.82) is 0 Å². The maximum atomic E-state index is 9.55. The van der Waals surface area contributed by atoms with E-state index in [-0.39, 0.29) is 0 Å². The number of hydrogen-bond donors (Lipinski definition) is 5. The molecule has 5 rings (SSSR count). The van der Waals surface area contributed by atoms with Gasteiger partial charge in [0, 0.05) is 79.5 Å². The average molecular weight is 575 g/mol. The van der Waals surface area contributed by atoms with Gasteiger partial charge in [0.2, 0.25) is 0 Å². The summed E-state index contributed by atoms with van der Waals surface area (Å²) in [5.74, 6) is -3.94. The number of carboxylic acids is 4. The molecule has 0 atom stereocenters. The first-order valence-corrected chi connectivity index (χ1v) is 12.8. The Labute approximate surface area is 240 Å². The molecule has 0 bridgehead atoms. The van der Waals surface area contributed by atoms with Gasteiger partial charge < -0.3 is 30.3 Å². The van der Waals surface area contributed by atoms with E-state index in [0.29, 0.717) is 24.3 Å². The lowest BCUT2D eigenvalue weighted by Crippen LogP contribution is -2.46. The summed E-state index contributed by atoms with van der Waals surface area (Å²) in [6.45, 7) is 5.17. The van der Waals surface area contributed by atoms with E-state index < -0.39 is 23.9 Å². The van der Waals surface area contributed by atoms with Crippen LogP contribution >= 0.6 is 0 Å². The summed E-state index contributed by atoms with van der Waals surface area (Å²) in [5, 5.41) is 33.8. The van der Waals surface area contributed by atoms with Gasteiger partial charge in [0.05, 0.1) is 5.52 Å². The fraction of sp³-hybridized carbons (Fsp3) is 0.167. The molecule has 2 aromatic heterocycles. The van der Waals surface area contributed by atoms with Crippen LogP contribution in [-0.4, -0.2) is 85.4 Å². The number of benzene rings is 2. The molecule has 5 N–H and O–H groups in total. The Kier molecular flexibility index (Phi) is 11.3. The van der Waals surface area contributed by atoms with Crippen LogP contribution in [0.15, 0.2) is 91.2 Å². The van der Waals surface area contributed by atoms with Crippen LogP contribution in [0.5, 0.6) is 0 Å². The zero-order valence-corrected chi connectivity index (χ0v) is 22.5. The van der Waals surface area contributed by atoms with Crippen molar-refractivity contribution in [3.05, 3.63) is 96.7 Å². The predicted octanol–water partition coefficient (Wildman–Crippen LogP) is 3.46. The molecule has 1 saturated heterocycles. The number of piperazine rings is 1. The molecular weight excluding hydrogens is 544 g/mol. The van der Waals surface area contributed by atoms with Gasteiger partial charge in [-0.1, -0.05) is 36.4 Å². The van der Waals surface area contributed by atoms with E-state index in [2.05, 4.69) is 81.6 Å². The van der Waals surface area contributed by atoms with E-state index >= 15 is 0 Å². The molecule has 0 saturated carbocycles. The number of aliphatic carboxylic acids is 4. The molecule has 42 heavy (non-hydrogen) atoms. The third-order valence-electron chi connectivity index (χ3n) is 6.09. The van der Waals surface area contributed by atoms with E-state index in [1.807, 2.05) is 0 Å². The quantitative estimate of drug-likeness (QED) is 0.204. The number of nitrogens with one attached hydrogen (secondary N) is 1. The number of anilines is 1. The minimum atomic E-state index is -1.26. The summed E-state index contributed by atoms with van der Waals surface area (Å²) >= 11 is 0. The first kappa shape index (κ1) is 31.0. The smallest absolute Gasteiger partial charge is 0.328 e. The lowest BCUT2D eigenvalue weighted by Gasteiger charge is -2.35. The van der Waals surface area contributed by atoms with E-state index in [4.69, 9.17) is 25.4 Å². The molecule has 4 aromatic rings. The summed E-state index contributed by atoms with van der Waals surface area (Å²) in [6.07, 6.45) is 4.39. The minimum absolute atomic E-state index is 0.558. The first-order valence-electron chi connectivity index (χ1n) is 12.8. The molecule has 0 unspecified atom stereocenters. The highest BCUT2D eigenvalue weighted by Gasteiger charge is 2.19. The second-order valence-corrected chi connectivity index (χ2v) is 9.00. The van der Waals surface area contributed by atoms with E-state index in [9.17, 15) is 19.2 Å². The van der Waals surface area contributed by atoms with Crippen LogP contribution in [0.25, 0.3) is 21.8 Å². The van der Waals surface area contributed by atoms with Crippen LogP contribution in [0.1, 0.15) is 5.56 Å². The molecule has 0 spiro atoms. The lowest BCUT2D eigenvalue weighted by molar-refractivity contribution is -0.134. The number of hydrogen-bond acceptors (Lipinski definition) is 7. The van der Waals surface area contributed by atoms with Crippen molar-refractivity contribution in [2.75, 3.05) is 31.1 Å². The van der Waals surface area contributed by atoms with Gasteiger partial charge in [-0.15, -0.1) is 0 Å². The average Bonchev–Trinajstić information content (AvgIpc) is 3.38. The van der Waals surface area contributed by atoms with Crippen molar-refractivity contribution < 1.29 is 39.6 Å². The number of aromatic amines is 1. The van der Waals surface area contributed by atoms with Gasteiger partial charge in [0.15, 0.2) is 0 Å². The molecule has 3 heterocycles. The van der Waals surface area contributed by atoms with Crippen molar-refractivity contribution in [3.8, 4) is 0 Å². The Bertz CT molecular complexity index is 1540. The Balaban J connectivity index is 0.000000252. The van der Waals surface area contributed by atoms with Gasteiger partial charge >= 0.3 is 23.9 Å². The van der Waals surface area contributed by atoms with E-state index in [1.165, 1.54) is 21.9 Å². The third kappa shape index (κ3) is 9.92. The van der Waals surface area contributed by atoms with Crippen LogP contribution in [0.3, 0.4) is 0 Å². The highest BCUT2D eigenvalue weighted by Crippen LogP contribution is 2.22. The molecule has 0 amide bonds.